The van der Waals surface area contributed by atoms with Crippen LogP contribution in [-0.2, 0) is 0 Å². The molecule has 2 heterocycles. The van der Waals surface area contributed by atoms with E-state index >= 15 is 0 Å². The van der Waals surface area contributed by atoms with Gasteiger partial charge in [0.15, 0.2) is 0 Å². The minimum Gasteiger partial charge on any atom is -0.351 e. The maximum atomic E-state index is 12.0. The lowest BCUT2D eigenvalue weighted by Crippen LogP contribution is -2.24. The number of aromatic nitrogens is 1. The molecular weight excluding hydrogens is 349 g/mol. The molecule has 0 aliphatic carbocycles. The molecule has 118 valence electrons. The van der Waals surface area contributed by atoms with Gasteiger partial charge in [-0.15, -0.1) is 47.5 Å². The van der Waals surface area contributed by atoms with Crippen molar-refractivity contribution in [3.63, 3.8) is 0 Å². The van der Waals surface area contributed by atoms with Crippen LogP contribution >= 0.6 is 47.5 Å². The van der Waals surface area contributed by atoms with Crippen LogP contribution in [0.5, 0.6) is 0 Å². The highest BCUT2D eigenvalue weighted by atomic mass is 35.5. The highest BCUT2D eigenvalue weighted by molar-refractivity contribution is 7.22. The van der Waals surface area contributed by atoms with Gasteiger partial charge in [-0.1, -0.05) is 6.07 Å². The van der Waals surface area contributed by atoms with Crippen LogP contribution in [0.25, 0.3) is 9.88 Å². The molecule has 0 bridgehead atoms. The molecule has 0 aliphatic rings. The summed E-state index contributed by atoms with van der Waals surface area (Å²) in [4.78, 5) is 18.3. The molecule has 0 aliphatic heterocycles. The Balaban J connectivity index is 0.00000200. The summed E-state index contributed by atoms with van der Waals surface area (Å²) >= 11 is 3.09. The summed E-state index contributed by atoms with van der Waals surface area (Å²) in [5.74, 6) is -0.0326. The molecule has 4 nitrogen and oxygen atoms in total. The van der Waals surface area contributed by atoms with E-state index in [9.17, 15) is 4.79 Å². The first kappa shape index (κ1) is 20.3. The third-order valence-corrected chi connectivity index (χ3v) is 4.85. The van der Waals surface area contributed by atoms with Gasteiger partial charge in [-0.25, -0.2) is 4.98 Å². The van der Waals surface area contributed by atoms with E-state index < -0.39 is 0 Å². The van der Waals surface area contributed by atoms with Gasteiger partial charge in [-0.3, -0.25) is 4.79 Å². The van der Waals surface area contributed by atoms with Crippen LogP contribution in [0.15, 0.2) is 17.5 Å². The minimum absolute atomic E-state index is 0. The van der Waals surface area contributed by atoms with Crippen molar-refractivity contribution in [3.8, 4) is 9.88 Å². The summed E-state index contributed by atoms with van der Waals surface area (Å²) in [6.07, 6.45) is 1.85. The summed E-state index contributed by atoms with van der Waals surface area (Å²) in [6.45, 7) is 3.21. The molecule has 0 saturated heterocycles. The predicted molar refractivity (Wildman–Crippen MR) is 95.3 cm³/mol. The molecule has 2 aromatic heterocycles. The van der Waals surface area contributed by atoms with Gasteiger partial charge in [-0.05, 0) is 37.8 Å². The molecule has 0 radical (unpaired) electrons. The lowest BCUT2D eigenvalue weighted by molar-refractivity contribution is 0.0956. The third-order valence-electron chi connectivity index (χ3n) is 2.65. The molecule has 0 unspecified atom stereocenters. The van der Waals surface area contributed by atoms with E-state index in [1.165, 1.54) is 11.3 Å². The first-order valence-corrected chi connectivity index (χ1v) is 7.91. The average molecular weight is 368 g/mol. The van der Waals surface area contributed by atoms with Crippen LogP contribution in [0.4, 0.5) is 0 Å². The number of amides is 1. The van der Waals surface area contributed by atoms with Crippen LogP contribution in [0.1, 0.15) is 28.2 Å². The van der Waals surface area contributed by atoms with Crippen LogP contribution in [0.3, 0.4) is 0 Å². The number of nitrogens with zero attached hydrogens (tertiary/aromatic N) is 1. The van der Waals surface area contributed by atoms with Gasteiger partial charge in [0.2, 0.25) is 0 Å². The van der Waals surface area contributed by atoms with Crippen molar-refractivity contribution in [2.24, 2.45) is 5.73 Å². The number of carbonyl (C=O) groups is 1. The van der Waals surface area contributed by atoms with E-state index in [0.29, 0.717) is 18.0 Å². The van der Waals surface area contributed by atoms with Gasteiger partial charge in [-0.2, -0.15) is 0 Å². The fourth-order valence-electron chi connectivity index (χ4n) is 1.66. The topological polar surface area (TPSA) is 68.0 Å². The summed E-state index contributed by atoms with van der Waals surface area (Å²) in [6, 6.07) is 4.01. The van der Waals surface area contributed by atoms with Crippen LogP contribution in [-0.4, -0.2) is 24.0 Å². The molecular formula is C13H19Cl2N3OS2. The highest BCUT2D eigenvalue weighted by Crippen LogP contribution is 2.30. The highest BCUT2D eigenvalue weighted by Gasteiger charge is 2.16. The molecule has 2 rings (SSSR count). The normalized spacial score (nSPS) is 9.62. The second-order valence-corrected chi connectivity index (χ2v) is 6.11. The third kappa shape index (κ3) is 5.56. The van der Waals surface area contributed by atoms with Crippen molar-refractivity contribution in [2.75, 3.05) is 13.1 Å². The first-order valence-electron chi connectivity index (χ1n) is 6.22. The van der Waals surface area contributed by atoms with E-state index in [1.807, 2.05) is 24.4 Å². The molecule has 3 N–H and O–H groups in total. The summed E-state index contributed by atoms with van der Waals surface area (Å²) < 4.78 is 0. The monoisotopic (exact) mass is 367 g/mol. The number of aryl methyl sites for hydroxylation is 1. The average Bonchev–Trinajstić information content (AvgIpc) is 3.03. The zero-order chi connectivity index (χ0) is 13.7. The Hall–Kier alpha value is -0.660. The summed E-state index contributed by atoms with van der Waals surface area (Å²) in [5.41, 5.74) is 6.21. The zero-order valence-corrected chi connectivity index (χ0v) is 14.9. The molecule has 1 amide bonds. The Labute approximate surface area is 145 Å². The number of hydrogen-bond donors (Lipinski definition) is 2. The van der Waals surface area contributed by atoms with Crippen molar-refractivity contribution in [3.05, 3.63) is 28.1 Å². The number of hydrogen-bond acceptors (Lipinski definition) is 5. The molecule has 21 heavy (non-hydrogen) atoms. The van der Waals surface area contributed by atoms with Gasteiger partial charge >= 0.3 is 0 Å². The van der Waals surface area contributed by atoms with Crippen molar-refractivity contribution < 1.29 is 4.79 Å². The van der Waals surface area contributed by atoms with Crippen LogP contribution in [0.2, 0.25) is 0 Å². The largest absolute Gasteiger partial charge is 0.351 e. The fourth-order valence-corrected chi connectivity index (χ4v) is 3.44. The van der Waals surface area contributed by atoms with Crippen molar-refractivity contribution in [1.82, 2.24) is 10.3 Å². The molecule has 8 heteroatoms. The minimum atomic E-state index is -0.0326. The van der Waals surface area contributed by atoms with Crippen LogP contribution in [0, 0.1) is 6.92 Å². The van der Waals surface area contributed by atoms with Crippen molar-refractivity contribution in [2.45, 2.75) is 19.8 Å². The van der Waals surface area contributed by atoms with E-state index in [1.54, 1.807) is 11.3 Å². The van der Waals surface area contributed by atoms with Gasteiger partial charge in [0.25, 0.3) is 5.91 Å². The summed E-state index contributed by atoms with van der Waals surface area (Å²) in [7, 11) is 0. The lowest BCUT2D eigenvalue weighted by Gasteiger charge is -2.02. The van der Waals surface area contributed by atoms with Crippen LogP contribution < -0.4 is 11.1 Å². The predicted octanol–water partition coefficient (Wildman–Crippen LogP) is 3.49. The fraction of sp³-hybridized carbons (Fsp3) is 0.385. The second-order valence-electron chi connectivity index (χ2n) is 4.16. The van der Waals surface area contributed by atoms with E-state index in [4.69, 9.17) is 5.73 Å². The Morgan fingerprint density at radius 3 is 2.76 bits per heavy atom. The number of nitrogens with one attached hydrogen (secondary N) is 1. The molecule has 0 aromatic carbocycles. The SMILES string of the molecule is Cc1nc(-c2cccs2)sc1C(=O)NCCCCN.Cl.Cl. The Morgan fingerprint density at radius 1 is 1.38 bits per heavy atom. The number of unbranched alkanes of at least 4 members (excludes halogenated alkanes) is 1. The van der Waals surface area contributed by atoms with Gasteiger partial charge in [0.1, 0.15) is 9.88 Å². The maximum Gasteiger partial charge on any atom is 0.263 e. The quantitative estimate of drug-likeness (QED) is 0.767. The Morgan fingerprint density at radius 2 is 2.14 bits per heavy atom. The first-order chi connectivity index (χ1) is 9.22. The summed E-state index contributed by atoms with van der Waals surface area (Å²) in [5, 5.41) is 5.84. The maximum absolute atomic E-state index is 12.0. The molecule has 0 saturated carbocycles. The lowest BCUT2D eigenvalue weighted by atomic mass is 10.3. The van der Waals surface area contributed by atoms with E-state index in [0.717, 1.165) is 28.4 Å². The Bertz CT molecular complexity index is 544. The molecule has 0 atom stereocenters. The van der Waals surface area contributed by atoms with Gasteiger partial charge in [0, 0.05) is 6.54 Å². The number of rotatable bonds is 6. The van der Waals surface area contributed by atoms with E-state index in [2.05, 4.69) is 10.3 Å². The number of nitrogens with two attached hydrogens (primary N) is 1. The standard InChI is InChI=1S/C13H17N3OS2.2ClH/c1-9-11(12(17)15-7-3-2-6-14)19-13(16-9)10-5-4-8-18-10;;/h4-5,8H,2-3,6-7,14H2,1H3,(H,15,17);2*1H. The van der Waals surface area contributed by atoms with Crippen molar-refractivity contribution >= 4 is 53.4 Å². The number of carbonyl (C=O) groups excluding carboxylic acids is 1. The number of thiophene rings is 1. The second kappa shape index (κ2) is 10.1. The van der Waals surface area contributed by atoms with Crippen molar-refractivity contribution in [1.29, 1.82) is 0 Å². The molecule has 2 aromatic rings. The Kier molecular flexibility index (Phi) is 9.81. The zero-order valence-electron chi connectivity index (χ0n) is 11.6. The van der Waals surface area contributed by atoms with Gasteiger partial charge in [0.05, 0.1) is 10.6 Å². The van der Waals surface area contributed by atoms with Gasteiger partial charge < -0.3 is 11.1 Å². The molecule has 0 fully saturated rings. The molecule has 0 spiro atoms. The number of halogens is 2. The smallest absolute Gasteiger partial charge is 0.263 e. The number of thiazole rings is 1. The van der Waals surface area contributed by atoms with E-state index in [-0.39, 0.29) is 30.7 Å².